The van der Waals surface area contributed by atoms with Crippen molar-refractivity contribution in [3.63, 3.8) is 0 Å². The lowest BCUT2D eigenvalue weighted by atomic mass is 9.73. The molecule has 0 spiro atoms. The van der Waals surface area contributed by atoms with E-state index < -0.39 is 41.5 Å². The molecule has 2 rings (SSSR count). The Morgan fingerprint density at radius 1 is 1.00 bits per heavy atom. The number of hydrogen-bond donors (Lipinski definition) is 4. The first-order valence-electron chi connectivity index (χ1n) is 7.87. The Morgan fingerprint density at radius 3 is 2.12 bits per heavy atom. The minimum Gasteiger partial charge on any atom is -0.508 e. The van der Waals surface area contributed by atoms with Crippen LogP contribution in [0.25, 0.3) is 0 Å². The molecule has 0 aliphatic rings. The summed E-state index contributed by atoms with van der Waals surface area (Å²) in [7, 11) is 0. The molecule has 140 valence electrons. The topological polar surface area (TPSA) is 98.0 Å². The van der Waals surface area contributed by atoms with Crippen LogP contribution in [-0.4, -0.2) is 32.0 Å². The van der Waals surface area contributed by atoms with Gasteiger partial charge in [-0.05, 0) is 48.2 Å². The molecule has 0 bridgehead atoms. The minimum absolute atomic E-state index is 0.0748. The third-order valence-corrected chi connectivity index (χ3v) is 4.34. The fourth-order valence-electron chi connectivity index (χ4n) is 3.10. The molecule has 0 radical (unpaired) electrons. The summed E-state index contributed by atoms with van der Waals surface area (Å²) in [6.45, 7) is 3.08. The second-order valence-electron chi connectivity index (χ2n) is 7.01. The Hall–Kier alpha value is -2.67. The van der Waals surface area contributed by atoms with Crippen molar-refractivity contribution in [1.82, 2.24) is 0 Å². The number of phenolic OH excluding ortho intramolecular Hbond substituents is 2. The van der Waals surface area contributed by atoms with Crippen LogP contribution in [0, 0.1) is 11.6 Å². The van der Waals surface area contributed by atoms with Crippen LogP contribution in [0.5, 0.6) is 11.5 Å². The molecule has 0 heterocycles. The summed E-state index contributed by atoms with van der Waals surface area (Å²) in [6, 6.07) is 6.28. The van der Waals surface area contributed by atoms with Gasteiger partial charge in [-0.2, -0.15) is 0 Å². The van der Waals surface area contributed by atoms with Crippen LogP contribution >= 0.6 is 0 Å². The lowest BCUT2D eigenvalue weighted by Gasteiger charge is -2.34. The summed E-state index contributed by atoms with van der Waals surface area (Å²) in [5.41, 5.74) is -3.47. The highest BCUT2D eigenvalue weighted by Gasteiger charge is 2.43. The van der Waals surface area contributed by atoms with Gasteiger partial charge in [0.1, 0.15) is 23.1 Å². The number of aliphatic hydroxyl groups is 1. The zero-order valence-electron chi connectivity index (χ0n) is 14.3. The molecule has 4 N–H and O–H groups in total. The van der Waals surface area contributed by atoms with Crippen molar-refractivity contribution in [2.45, 2.75) is 37.7 Å². The number of carboxylic acids is 1. The molecule has 0 aromatic heterocycles. The highest BCUT2D eigenvalue weighted by Crippen LogP contribution is 2.39. The molecule has 1 atom stereocenters. The second kappa shape index (κ2) is 6.92. The average Bonchev–Trinajstić information content (AvgIpc) is 2.52. The lowest BCUT2D eigenvalue weighted by Crippen LogP contribution is -2.45. The number of aromatic hydroxyl groups is 2. The molecule has 0 saturated carbocycles. The van der Waals surface area contributed by atoms with Gasteiger partial charge in [-0.25, -0.2) is 13.6 Å². The monoisotopic (exact) mass is 366 g/mol. The molecule has 1 unspecified atom stereocenters. The molecule has 0 saturated heterocycles. The molecule has 2 aromatic rings. The zero-order valence-corrected chi connectivity index (χ0v) is 14.3. The Kier molecular flexibility index (Phi) is 5.23. The van der Waals surface area contributed by atoms with Crippen LogP contribution < -0.4 is 0 Å². The fraction of sp³-hybridized carbons (Fsp3) is 0.316. The minimum atomic E-state index is -2.38. The molecular formula is C19H20F2O5. The Morgan fingerprint density at radius 2 is 1.54 bits per heavy atom. The van der Waals surface area contributed by atoms with E-state index in [-0.39, 0.29) is 22.6 Å². The maximum absolute atomic E-state index is 13.5. The molecule has 0 aliphatic heterocycles. The zero-order chi connectivity index (χ0) is 19.7. The van der Waals surface area contributed by atoms with Gasteiger partial charge in [-0.1, -0.05) is 13.8 Å². The van der Waals surface area contributed by atoms with Crippen molar-refractivity contribution in [3.05, 3.63) is 59.2 Å². The third-order valence-electron chi connectivity index (χ3n) is 4.34. The Bertz CT molecular complexity index is 835. The number of carbonyl (C=O) groups is 1. The van der Waals surface area contributed by atoms with Gasteiger partial charge in [0.05, 0.1) is 0 Å². The summed E-state index contributed by atoms with van der Waals surface area (Å²) in [5, 5.41) is 40.0. The van der Waals surface area contributed by atoms with E-state index in [1.807, 2.05) is 0 Å². The summed E-state index contributed by atoms with van der Waals surface area (Å²) >= 11 is 0. The van der Waals surface area contributed by atoms with Crippen molar-refractivity contribution in [1.29, 1.82) is 0 Å². The molecule has 5 nitrogen and oxygen atoms in total. The second-order valence-corrected chi connectivity index (χ2v) is 7.01. The van der Waals surface area contributed by atoms with Gasteiger partial charge in [0.15, 0.2) is 5.60 Å². The van der Waals surface area contributed by atoms with E-state index in [9.17, 15) is 34.0 Å². The lowest BCUT2D eigenvalue weighted by molar-refractivity contribution is -0.160. The van der Waals surface area contributed by atoms with Gasteiger partial charge in [0.2, 0.25) is 0 Å². The largest absolute Gasteiger partial charge is 0.508 e. The maximum atomic E-state index is 13.5. The molecule has 0 amide bonds. The van der Waals surface area contributed by atoms with Gasteiger partial charge in [-0.15, -0.1) is 0 Å². The molecule has 0 aliphatic carbocycles. The van der Waals surface area contributed by atoms with Crippen molar-refractivity contribution in [2.75, 3.05) is 0 Å². The Labute approximate surface area is 149 Å². The van der Waals surface area contributed by atoms with Crippen molar-refractivity contribution >= 4 is 5.97 Å². The first kappa shape index (κ1) is 19.7. The maximum Gasteiger partial charge on any atom is 0.336 e. The van der Waals surface area contributed by atoms with E-state index in [0.717, 1.165) is 36.4 Å². The van der Waals surface area contributed by atoms with E-state index in [4.69, 9.17) is 0 Å². The van der Waals surface area contributed by atoms with Crippen LogP contribution in [0.2, 0.25) is 0 Å². The fourth-order valence-corrected chi connectivity index (χ4v) is 3.10. The molecule has 0 fully saturated rings. The summed E-state index contributed by atoms with van der Waals surface area (Å²) in [6.07, 6.45) is -0.978. The number of aliphatic carboxylic acids is 1. The highest BCUT2D eigenvalue weighted by molar-refractivity contribution is 5.78. The van der Waals surface area contributed by atoms with Crippen LogP contribution in [0.4, 0.5) is 8.78 Å². The SMILES string of the molecule is CC(C)(CC(O)(Cc1cc(F)ccc1O)C(=O)O)c1cc(F)ccc1O. The summed E-state index contributed by atoms with van der Waals surface area (Å²) in [4.78, 5) is 11.7. The molecule has 26 heavy (non-hydrogen) atoms. The van der Waals surface area contributed by atoms with Crippen molar-refractivity contribution in [2.24, 2.45) is 0 Å². The summed E-state index contributed by atoms with van der Waals surface area (Å²) in [5.74, 6) is -3.47. The van der Waals surface area contributed by atoms with Gasteiger partial charge in [0, 0.05) is 17.5 Å². The number of benzene rings is 2. The Balaban J connectivity index is 2.41. The smallest absolute Gasteiger partial charge is 0.336 e. The van der Waals surface area contributed by atoms with E-state index in [1.54, 1.807) is 13.8 Å². The van der Waals surface area contributed by atoms with Gasteiger partial charge >= 0.3 is 5.97 Å². The van der Waals surface area contributed by atoms with Crippen LogP contribution in [0.3, 0.4) is 0 Å². The van der Waals surface area contributed by atoms with Gasteiger partial charge < -0.3 is 20.4 Å². The summed E-state index contributed by atoms with van der Waals surface area (Å²) < 4.78 is 27.0. The average molecular weight is 366 g/mol. The van der Waals surface area contributed by atoms with E-state index in [1.165, 1.54) is 0 Å². The number of hydrogen-bond acceptors (Lipinski definition) is 4. The van der Waals surface area contributed by atoms with Gasteiger partial charge in [-0.3, -0.25) is 0 Å². The predicted octanol–water partition coefficient (Wildman–Crippen LogP) is 3.10. The first-order chi connectivity index (χ1) is 11.9. The standard InChI is InChI=1S/C19H20F2O5/c1-18(2,14-8-13(21)4-6-16(14)23)10-19(26,17(24)25)9-11-7-12(20)3-5-15(11)22/h3-8,22-23,26H,9-10H2,1-2H3,(H,24,25). The molecular weight excluding hydrogens is 346 g/mol. The van der Waals surface area contributed by atoms with Crippen LogP contribution in [0.15, 0.2) is 36.4 Å². The molecule has 7 heteroatoms. The van der Waals surface area contributed by atoms with E-state index in [2.05, 4.69) is 0 Å². The van der Waals surface area contributed by atoms with E-state index >= 15 is 0 Å². The van der Waals surface area contributed by atoms with Crippen molar-refractivity contribution in [3.8, 4) is 11.5 Å². The predicted molar refractivity (Wildman–Crippen MR) is 90.1 cm³/mol. The van der Waals surface area contributed by atoms with Gasteiger partial charge in [0.25, 0.3) is 0 Å². The number of carboxylic acid groups (broad SMARTS) is 1. The van der Waals surface area contributed by atoms with Crippen LogP contribution in [-0.2, 0) is 16.6 Å². The third kappa shape index (κ3) is 4.11. The van der Waals surface area contributed by atoms with Crippen LogP contribution in [0.1, 0.15) is 31.4 Å². The quantitative estimate of drug-likeness (QED) is 0.630. The number of rotatable bonds is 6. The highest BCUT2D eigenvalue weighted by atomic mass is 19.1. The molecule has 2 aromatic carbocycles. The first-order valence-corrected chi connectivity index (χ1v) is 7.87. The number of phenols is 2. The normalized spacial score (nSPS) is 14.0. The number of halogens is 2. The van der Waals surface area contributed by atoms with Crippen molar-refractivity contribution < 1.29 is 34.0 Å². The van der Waals surface area contributed by atoms with E-state index in [0.29, 0.717) is 0 Å².